The van der Waals surface area contributed by atoms with Gasteiger partial charge in [-0.3, -0.25) is 0 Å². The number of nitrogens with zero attached hydrogens (tertiary/aromatic N) is 4. The summed E-state index contributed by atoms with van der Waals surface area (Å²) in [4.78, 5) is 14.5. The molecule has 1 fully saturated rings. The molecule has 1 saturated heterocycles. The number of hydrogen-bond donors (Lipinski definition) is 1. The van der Waals surface area contributed by atoms with Gasteiger partial charge in [-0.05, 0) is 32.4 Å². The Morgan fingerprint density at radius 2 is 2.16 bits per heavy atom. The largest absolute Gasteiger partial charge is 0.357 e. The lowest BCUT2D eigenvalue weighted by Gasteiger charge is -2.24. The van der Waals surface area contributed by atoms with Crippen LogP contribution in [-0.4, -0.2) is 60.0 Å². The highest BCUT2D eigenvalue weighted by molar-refractivity contribution is 7.09. The van der Waals surface area contributed by atoms with Crippen molar-refractivity contribution in [3.8, 4) is 0 Å². The molecule has 1 aliphatic heterocycles. The number of nitrogens with one attached hydrogen (secondary N) is 1. The molecule has 1 N–H and O–H groups in total. The SMILES string of the molecule is CCNC(=NCc1csc(C(C)C)n1)N1CCC(CN(CC)CC)C1. The fraction of sp³-hybridized carbons (Fsp3) is 0.789. The van der Waals surface area contributed by atoms with Crippen LogP contribution >= 0.6 is 11.3 Å². The van der Waals surface area contributed by atoms with Crippen LogP contribution in [0.4, 0.5) is 0 Å². The third-order valence-electron chi connectivity index (χ3n) is 4.79. The Kier molecular flexibility index (Phi) is 8.16. The lowest BCUT2D eigenvalue weighted by molar-refractivity contribution is 0.255. The first kappa shape index (κ1) is 20.2. The number of rotatable bonds is 8. The smallest absolute Gasteiger partial charge is 0.194 e. The van der Waals surface area contributed by atoms with Gasteiger partial charge in [-0.15, -0.1) is 11.3 Å². The zero-order valence-corrected chi connectivity index (χ0v) is 17.4. The number of thiazole rings is 1. The van der Waals surface area contributed by atoms with Gasteiger partial charge in [-0.25, -0.2) is 9.98 Å². The Balaban J connectivity index is 1.95. The zero-order chi connectivity index (χ0) is 18.2. The van der Waals surface area contributed by atoms with Crippen LogP contribution in [0.25, 0.3) is 0 Å². The van der Waals surface area contributed by atoms with Gasteiger partial charge < -0.3 is 15.1 Å². The summed E-state index contributed by atoms with van der Waals surface area (Å²) in [5.74, 6) is 2.29. The van der Waals surface area contributed by atoms with Crippen molar-refractivity contribution in [3.05, 3.63) is 16.1 Å². The lowest BCUT2D eigenvalue weighted by Crippen LogP contribution is -2.40. The third-order valence-corrected chi connectivity index (χ3v) is 5.98. The molecule has 25 heavy (non-hydrogen) atoms. The molecular weight excluding hydrogens is 330 g/mol. The van der Waals surface area contributed by atoms with Crippen molar-refractivity contribution in [2.75, 3.05) is 39.3 Å². The fourth-order valence-electron chi connectivity index (χ4n) is 3.26. The van der Waals surface area contributed by atoms with Crippen LogP contribution in [0.1, 0.15) is 57.7 Å². The van der Waals surface area contributed by atoms with Gasteiger partial charge in [0, 0.05) is 37.5 Å². The minimum absolute atomic E-state index is 0.496. The molecule has 0 spiro atoms. The molecule has 1 aromatic rings. The summed E-state index contributed by atoms with van der Waals surface area (Å²) in [5.41, 5.74) is 1.09. The molecule has 0 saturated carbocycles. The van der Waals surface area contributed by atoms with Gasteiger partial charge in [-0.1, -0.05) is 27.7 Å². The van der Waals surface area contributed by atoms with Crippen molar-refractivity contribution < 1.29 is 0 Å². The van der Waals surface area contributed by atoms with Gasteiger partial charge >= 0.3 is 0 Å². The van der Waals surface area contributed by atoms with E-state index in [1.807, 2.05) is 0 Å². The van der Waals surface area contributed by atoms with Crippen LogP contribution in [0.5, 0.6) is 0 Å². The van der Waals surface area contributed by atoms with Gasteiger partial charge in [-0.2, -0.15) is 0 Å². The first-order chi connectivity index (χ1) is 12.1. The van der Waals surface area contributed by atoms with Crippen LogP contribution in [0.15, 0.2) is 10.4 Å². The van der Waals surface area contributed by atoms with Crippen LogP contribution in [0.2, 0.25) is 0 Å². The van der Waals surface area contributed by atoms with Crippen LogP contribution < -0.4 is 5.32 Å². The van der Waals surface area contributed by atoms with Gasteiger partial charge in [0.15, 0.2) is 5.96 Å². The number of guanidine groups is 1. The standard InChI is InChI=1S/C19H35N5S/c1-6-20-19(21-11-17-14-25-18(22-17)15(4)5)24-10-9-16(13-24)12-23(7-2)8-3/h14-16H,6-13H2,1-5H3,(H,20,21). The van der Waals surface area contributed by atoms with Crippen molar-refractivity contribution in [1.82, 2.24) is 20.1 Å². The van der Waals surface area contributed by atoms with Crippen molar-refractivity contribution in [2.24, 2.45) is 10.9 Å². The van der Waals surface area contributed by atoms with E-state index >= 15 is 0 Å². The number of hydrogen-bond acceptors (Lipinski definition) is 4. The third kappa shape index (κ3) is 5.96. The molecule has 142 valence electrons. The average Bonchev–Trinajstić information content (AvgIpc) is 3.26. The molecule has 1 aromatic heterocycles. The predicted octanol–water partition coefficient (Wildman–Crippen LogP) is 3.40. The van der Waals surface area contributed by atoms with E-state index in [0.29, 0.717) is 12.5 Å². The molecule has 1 aliphatic rings. The van der Waals surface area contributed by atoms with E-state index in [4.69, 9.17) is 9.98 Å². The maximum Gasteiger partial charge on any atom is 0.194 e. The molecule has 5 nitrogen and oxygen atoms in total. The zero-order valence-electron chi connectivity index (χ0n) is 16.6. The predicted molar refractivity (Wildman–Crippen MR) is 108 cm³/mol. The summed E-state index contributed by atoms with van der Waals surface area (Å²) < 4.78 is 0. The van der Waals surface area contributed by atoms with E-state index in [-0.39, 0.29) is 0 Å². The summed E-state index contributed by atoms with van der Waals surface area (Å²) >= 11 is 1.75. The average molecular weight is 366 g/mol. The van der Waals surface area contributed by atoms with Crippen LogP contribution in [0.3, 0.4) is 0 Å². The number of likely N-dealkylation sites (tertiary alicyclic amines) is 1. The molecule has 0 aliphatic carbocycles. The van der Waals surface area contributed by atoms with Gasteiger partial charge in [0.1, 0.15) is 0 Å². The van der Waals surface area contributed by atoms with E-state index < -0.39 is 0 Å². The Morgan fingerprint density at radius 3 is 2.76 bits per heavy atom. The maximum atomic E-state index is 4.85. The molecule has 0 amide bonds. The summed E-state index contributed by atoms with van der Waals surface area (Å²) in [6.45, 7) is 18.3. The van der Waals surface area contributed by atoms with E-state index in [1.54, 1.807) is 11.3 Å². The Hall–Kier alpha value is -1.14. The van der Waals surface area contributed by atoms with E-state index in [1.165, 1.54) is 18.0 Å². The second-order valence-electron chi connectivity index (χ2n) is 7.09. The first-order valence-corrected chi connectivity index (χ1v) is 10.6. The van der Waals surface area contributed by atoms with Crippen molar-refractivity contribution in [3.63, 3.8) is 0 Å². The number of aliphatic imine (C=N–C) groups is 1. The molecule has 0 aromatic carbocycles. The molecule has 2 heterocycles. The Labute approximate surface area is 157 Å². The fourth-order valence-corrected chi connectivity index (χ4v) is 4.09. The summed E-state index contributed by atoms with van der Waals surface area (Å²) in [5, 5.41) is 6.82. The van der Waals surface area contributed by atoms with Crippen molar-refractivity contribution >= 4 is 17.3 Å². The molecule has 6 heteroatoms. The highest BCUT2D eigenvalue weighted by Gasteiger charge is 2.25. The quantitative estimate of drug-likeness (QED) is 0.566. The van der Waals surface area contributed by atoms with Crippen molar-refractivity contribution in [1.29, 1.82) is 0 Å². The normalized spacial score (nSPS) is 18.6. The molecule has 0 bridgehead atoms. The monoisotopic (exact) mass is 365 g/mol. The highest BCUT2D eigenvalue weighted by Crippen LogP contribution is 2.20. The minimum atomic E-state index is 0.496. The van der Waals surface area contributed by atoms with E-state index in [9.17, 15) is 0 Å². The van der Waals surface area contributed by atoms with Gasteiger partial charge in [0.25, 0.3) is 0 Å². The highest BCUT2D eigenvalue weighted by atomic mass is 32.1. The molecule has 1 unspecified atom stereocenters. The molecule has 0 radical (unpaired) electrons. The van der Waals surface area contributed by atoms with Gasteiger partial charge in [0.2, 0.25) is 0 Å². The lowest BCUT2D eigenvalue weighted by atomic mass is 10.1. The molecular formula is C19H35N5S. The van der Waals surface area contributed by atoms with Crippen LogP contribution in [-0.2, 0) is 6.54 Å². The topological polar surface area (TPSA) is 43.8 Å². The number of aromatic nitrogens is 1. The molecule has 2 rings (SSSR count). The summed E-state index contributed by atoms with van der Waals surface area (Å²) in [7, 11) is 0. The second kappa shape index (κ2) is 10.1. The second-order valence-corrected chi connectivity index (χ2v) is 7.98. The maximum absolute atomic E-state index is 4.85. The van der Waals surface area contributed by atoms with Crippen LogP contribution in [0, 0.1) is 5.92 Å². The summed E-state index contributed by atoms with van der Waals surface area (Å²) in [6, 6.07) is 0. The minimum Gasteiger partial charge on any atom is -0.357 e. The first-order valence-electron chi connectivity index (χ1n) is 9.77. The Morgan fingerprint density at radius 1 is 1.40 bits per heavy atom. The van der Waals surface area contributed by atoms with E-state index in [2.05, 4.69) is 55.1 Å². The van der Waals surface area contributed by atoms with E-state index in [0.717, 1.165) is 50.3 Å². The summed E-state index contributed by atoms with van der Waals surface area (Å²) in [6.07, 6.45) is 1.26. The van der Waals surface area contributed by atoms with Crippen molar-refractivity contribution in [2.45, 2.75) is 53.5 Å². The molecule has 1 atom stereocenters. The Bertz CT molecular complexity index is 536. The van der Waals surface area contributed by atoms with Gasteiger partial charge in [0.05, 0.1) is 17.2 Å².